The van der Waals surface area contributed by atoms with Crippen LogP contribution in [0.3, 0.4) is 0 Å². The van der Waals surface area contributed by atoms with Gasteiger partial charge in [-0.1, -0.05) is 0 Å². The first-order valence-electron chi connectivity index (χ1n) is 5.26. The molecule has 0 saturated heterocycles. The van der Waals surface area contributed by atoms with E-state index in [1.165, 1.54) is 11.3 Å². The van der Waals surface area contributed by atoms with Crippen molar-refractivity contribution in [2.45, 2.75) is 18.9 Å². The number of hydrogen-bond acceptors (Lipinski definition) is 4. The Morgan fingerprint density at radius 1 is 1.53 bits per heavy atom. The molecule has 1 aromatic rings. The van der Waals surface area contributed by atoms with E-state index < -0.39 is 5.97 Å². The summed E-state index contributed by atoms with van der Waals surface area (Å²) in [5, 5.41) is 13.3. The van der Waals surface area contributed by atoms with Gasteiger partial charge in [-0.05, 0) is 12.8 Å². The highest BCUT2D eigenvalue weighted by atomic mass is 32.1. The van der Waals surface area contributed by atoms with Crippen LogP contribution in [0.1, 0.15) is 22.5 Å². The van der Waals surface area contributed by atoms with Crippen molar-refractivity contribution >= 4 is 23.2 Å². The number of carboxylic acid groups (broad SMARTS) is 1. The zero-order valence-corrected chi connectivity index (χ0v) is 10.1. The van der Waals surface area contributed by atoms with Gasteiger partial charge in [0.05, 0.1) is 17.9 Å². The van der Waals surface area contributed by atoms with Gasteiger partial charge in [-0.2, -0.15) is 0 Å². The van der Waals surface area contributed by atoms with Gasteiger partial charge in [0.15, 0.2) is 0 Å². The van der Waals surface area contributed by atoms with Gasteiger partial charge in [0.25, 0.3) is 5.91 Å². The number of hydrogen-bond donors (Lipinski definition) is 2. The third kappa shape index (κ3) is 2.58. The van der Waals surface area contributed by atoms with Crippen molar-refractivity contribution in [2.75, 3.05) is 7.11 Å². The highest BCUT2D eigenvalue weighted by molar-refractivity contribution is 7.12. The Balaban J connectivity index is 1.84. The average Bonchev–Trinajstić information content (AvgIpc) is 2.70. The Bertz CT molecular complexity index is 436. The number of nitrogens with one attached hydrogen (secondary N) is 1. The van der Waals surface area contributed by atoms with E-state index in [1.807, 2.05) is 0 Å². The number of amides is 1. The molecule has 0 atom stereocenters. The molecular weight excluding hydrogens is 242 g/mol. The van der Waals surface area contributed by atoms with Gasteiger partial charge in [0, 0.05) is 17.5 Å². The molecule has 2 N–H and O–H groups in total. The third-order valence-electron chi connectivity index (χ3n) is 2.86. The molecule has 0 spiro atoms. The molecule has 1 aliphatic rings. The first-order chi connectivity index (χ1) is 8.10. The Kier molecular flexibility index (Phi) is 3.33. The van der Waals surface area contributed by atoms with Gasteiger partial charge >= 0.3 is 5.97 Å². The summed E-state index contributed by atoms with van der Waals surface area (Å²) in [6, 6.07) is 1.66. The zero-order chi connectivity index (χ0) is 12.4. The van der Waals surface area contributed by atoms with Crippen LogP contribution < -0.4 is 10.1 Å². The first-order valence-corrected chi connectivity index (χ1v) is 6.14. The van der Waals surface area contributed by atoms with Crippen LogP contribution in [0, 0.1) is 5.92 Å². The Morgan fingerprint density at radius 2 is 2.24 bits per heavy atom. The van der Waals surface area contributed by atoms with Crippen LogP contribution in [0.15, 0.2) is 11.4 Å². The number of carbonyl (C=O) groups excluding carboxylic acids is 1. The standard InChI is InChI=1S/C11H13NO4S/c1-16-8-4-9(17-5-8)10(13)12-7-2-6(3-7)11(14)15/h4-7H,2-3H2,1H3,(H,12,13)(H,14,15). The third-order valence-corrected chi connectivity index (χ3v) is 3.76. The fraction of sp³-hybridized carbons (Fsp3) is 0.455. The number of ether oxygens (including phenoxy) is 1. The predicted octanol–water partition coefficient (Wildman–Crippen LogP) is 1.35. The average molecular weight is 255 g/mol. The molecule has 1 heterocycles. The van der Waals surface area contributed by atoms with E-state index in [1.54, 1.807) is 18.6 Å². The molecule has 0 aromatic carbocycles. The summed E-state index contributed by atoms with van der Waals surface area (Å²) in [7, 11) is 1.55. The van der Waals surface area contributed by atoms with E-state index in [4.69, 9.17) is 9.84 Å². The molecule has 0 radical (unpaired) electrons. The van der Waals surface area contributed by atoms with E-state index in [0.717, 1.165) is 0 Å². The Hall–Kier alpha value is -1.56. The second-order valence-corrected chi connectivity index (χ2v) is 4.94. The number of rotatable bonds is 4. The second-order valence-electron chi connectivity index (χ2n) is 4.03. The molecule has 6 heteroatoms. The number of carbonyl (C=O) groups is 2. The fourth-order valence-electron chi connectivity index (χ4n) is 1.74. The summed E-state index contributed by atoms with van der Waals surface area (Å²) in [6.45, 7) is 0. The number of aliphatic carboxylic acids is 1. The number of thiophene rings is 1. The smallest absolute Gasteiger partial charge is 0.306 e. The van der Waals surface area contributed by atoms with Crippen LogP contribution >= 0.6 is 11.3 Å². The fourth-order valence-corrected chi connectivity index (χ4v) is 2.50. The molecule has 1 amide bonds. The van der Waals surface area contributed by atoms with E-state index in [2.05, 4.69) is 5.32 Å². The van der Waals surface area contributed by atoms with E-state index >= 15 is 0 Å². The van der Waals surface area contributed by atoms with E-state index in [-0.39, 0.29) is 17.9 Å². The lowest BCUT2D eigenvalue weighted by molar-refractivity contribution is -0.145. The van der Waals surface area contributed by atoms with Crippen molar-refractivity contribution in [3.05, 3.63) is 16.3 Å². The van der Waals surface area contributed by atoms with E-state index in [9.17, 15) is 9.59 Å². The van der Waals surface area contributed by atoms with Crippen LogP contribution in [0.2, 0.25) is 0 Å². The minimum atomic E-state index is -0.784. The number of methoxy groups -OCH3 is 1. The van der Waals surface area contributed by atoms with Crippen molar-refractivity contribution in [2.24, 2.45) is 5.92 Å². The largest absolute Gasteiger partial charge is 0.496 e. The van der Waals surface area contributed by atoms with Gasteiger partial charge < -0.3 is 15.2 Å². The summed E-state index contributed by atoms with van der Waals surface area (Å²) in [4.78, 5) is 22.9. The summed E-state index contributed by atoms with van der Waals surface area (Å²) in [5.74, 6) is -0.587. The molecule has 0 unspecified atom stereocenters. The van der Waals surface area contributed by atoms with Gasteiger partial charge in [-0.25, -0.2) is 0 Å². The minimum absolute atomic E-state index is 0.0169. The lowest BCUT2D eigenvalue weighted by Gasteiger charge is -2.32. The monoisotopic (exact) mass is 255 g/mol. The van der Waals surface area contributed by atoms with Crippen LogP contribution in [-0.4, -0.2) is 30.1 Å². The van der Waals surface area contributed by atoms with E-state index in [0.29, 0.717) is 23.5 Å². The SMILES string of the molecule is COc1csc(C(=O)NC2CC(C(=O)O)C2)c1. The van der Waals surface area contributed by atoms with Crippen molar-refractivity contribution in [1.82, 2.24) is 5.32 Å². The molecule has 1 fully saturated rings. The number of carboxylic acids is 1. The molecule has 92 valence electrons. The lowest BCUT2D eigenvalue weighted by atomic mass is 9.80. The maximum absolute atomic E-state index is 11.7. The van der Waals surface area contributed by atoms with Gasteiger partial charge in [-0.3, -0.25) is 9.59 Å². The maximum atomic E-state index is 11.7. The highest BCUT2D eigenvalue weighted by Crippen LogP contribution is 2.28. The molecule has 1 aliphatic carbocycles. The topological polar surface area (TPSA) is 75.6 Å². The highest BCUT2D eigenvalue weighted by Gasteiger charge is 2.35. The molecule has 5 nitrogen and oxygen atoms in total. The second kappa shape index (κ2) is 4.75. The zero-order valence-electron chi connectivity index (χ0n) is 9.30. The van der Waals surface area contributed by atoms with Crippen LogP contribution in [0.4, 0.5) is 0 Å². The maximum Gasteiger partial charge on any atom is 0.306 e. The van der Waals surface area contributed by atoms with Crippen molar-refractivity contribution in [3.8, 4) is 5.75 Å². The lowest BCUT2D eigenvalue weighted by Crippen LogP contribution is -2.46. The molecule has 2 rings (SSSR count). The molecule has 0 bridgehead atoms. The quantitative estimate of drug-likeness (QED) is 0.851. The van der Waals surface area contributed by atoms with Crippen LogP contribution in [0.25, 0.3) is 0 Å². The predicted molar refractivity (Wildman–Crippen MR) is 62.5 cm³/mol. The minimum Gasteiger partial charge on any atom is -0.496 e. The molecule has 1 saturated carbocycles. The van der Waals surface area contributed by atoms with Gasteiger partial charge in [-0.15, -0.1) is 11.3 Å². The molecular formula is C11H13NO4S. The Morgan fingerprint density at radius 3 is 2.76 bits per heavy atom. The summed E-state index contributed by atoms with van der Waals surface area (Å²) >= 11 is 1.31. The summed E-state index contributed by atoms with van der Waals surface area (Å²) in [5.41, 5.74) is 0. The first kappa shape index (κ1) is 11.9. The van der Waals surface area contributed by atoms with Crippen LogP contribution in [0.5, 0.6) is 5.75 Å². The normalized spacial score (nSPS) is 22.6. The molecule has 0 aliphatic heterocycles. The Labute approximate surface area is 102 Å². The van der Waals surface area contributed by atoms with Crippen LogP contribution in [-0.2, 0) is 4.79 Å². The van der Waals surface area contributed by atoms with Gasteiger partial charge in [0.2, 0.25) is 0 Å². The van der Waals surface area contributed by atoms with Crippen molar-refractivity contribution < 1.29 is 19.4 Å². The summed E-state index contributed by atoms with van der Waals surface area (Å²) in [6.07, 6.45) is 1.03. The molecule has 1 aromatic heterocycles. The van der Waals surface area contributed by atoms with Gasteiger partial charge in [0.1, 0.15) is 5.75 Å². The van der Waals surface area contributed by atoms with Crippen molar-refractivity contribution in [1.29, 1.82) is 0 Å². The summed E-state index contributed by atoms with van der Waals surface area (Å²) < 4.78 is 4.99. The molecule has 17 heavy (non-hydrogen) atoms. The van der Waals surface area contributed by atoms with Crippen molar-refractivity contribution in [3.63, 3.8) is 0 Å².